The van der Waals surface area contributed by atoms with Gasteiger partial charge in [0.05, 0.1) is 0 Å². The van der Waals surface area contributed by atoms with Gasteiger partial charge >= 0.3 is 16.3 Å². The van der Waals surface area contributed by atoms with Crippen molar-refractivity contribution in [3.63, 3.8) is 0 Å². The normalized spacial score (nSPS) is 15.2. The number of nitrogens with zero attached hydrogens (tertiary/aromatic N) is 1. The van der Waals surface area contributed by atoms with Crippen molar-refractivity contribution in [2.75, 3.05) is 11.3 Å². The van der Waals surface area contributed by atoms with Gasteiger partial charge in [-0.1, -0.05) is 31.4 Å². The molecular weight excluding hydrogens is 402 g/mol. The summed E-state index contributed by atoms with van der Waals surface area (Å²) < 4.78 is 33.8. The number of anilines is 1. The van der Waals surface area contributed by atoms with Crippen LogP contribution in [0.3, 0.4) is 0 Å². The first kappa shape index (κ1) is 20.8. The molecule has 0 bridgehead atoms. The van der Waals surface area contributed by atoms with Gasteiger partial charge in [-0.15, -0.1) is 0 Å². The Hall–Kier alpha value is -2.92. The third kappa shape index (κ3) is 4.93. The predicted octanol–water partition coefficient (Wildman–Crippen LogP) is 2.02. The standard InChI is InChI=1S/C18H21N3O7S/c22-14(23)9-19-18(25)15-16(24)12-7-6-11(10-4-2-1-3-5-10)8-13(12)17(20-15)21-29(26,27)28/h6-8,10,24H,1-5,9H2,(H,19,25)(H,20,21)(H,22,23)(H,26,27,28). The Morgan fingerprint density at radius 2 is 1.83 bits per heavy atom. The first-order valence-corrected chi connectivity index (χ1v) is 10.5. The molecule has 11 heteroatoms. The molecule has 3 rings (SSSR count). The number of hydrogen-bond donors (Lipinski definition) is 5. The molecule has 29 heavy (non-hydrogen) atoms. The molecule has 1 aliphatic rings. The van der Waals surface area contributed by atoms with Gasteiger partial charge in [0, 0.05) is 10.8 Å². The summed E-state index contributed by atoms with van der Waals surface area (Å²) in [6.07, 6.45) is 5.32. The van der Waals surface area contributed by atoms with E-state index < -0.39 is 40.2 Å². The van der Waals surface area contributed by atoms with Crippen molar-refractivity contribution >= 4 is 38.8 Å². The van der Waals surface area contributed by atoms with Crippen LogP contribution in [0.25, 0.3) is 10.8 Å². The van der Waals surface area contributed by atoms with Gasteiger partial charge in [0.1, 0.15) is 12.4 Å². The predicted molar refractivity (Wildman–Crippen MR) is 104 cm³/mol. The summed E-state index contributed by atoms with van der Waals surface area (Å²) >= 11 is 0. The van der Waals surface area contributed by atoms with Gasteiger partial charge in [-0.05, 0) is 30.4 Å². The fraction of sp³-hybridized carbons (Fsp3) is 0.389. The zero-order valence-corrected chi connectivity index (χ0v) is 16.2. The molecule has 0 radical (unpaired) electrons. The number of amides is 1. The summed E-state index contributed by atoms with van der Waals surface area (Å²) in [4.78, 5) is 26.7. The fourth-order valence-corrected chi connectivity index (χ4v) is 4.00. The third-order valence-corrected chi connectivity index (χ3v) is 5.37. The summed E-state index contributed by atoms with van der Waals surface area (Å²) in [7, 11) is -4.71. The number of carboxylic acids is 1. The van der Waals surface area contributed by atoms with E-state index >= 15 is 0 Å². The average molecular weight is 423 g/mol. The van der Waals surface area contributed by atoms with Crippen molar-refractivity contribution in [3.8, 4) is 5.75 Å². The van der Waals surface area contributed by atoms with Crippen molar-refractivity contribution in [3.05, 3.63) is 29.5 Å². The molecule has 1 aliphatic carbocycles. The quantitative estimate of drug-likeness (QED) is 0.440. The number of aromatic hydroxyl groups is 1. The number of benzene rings is 1. The highest BCUT2D eigenvalue weighted by atomic mass is 32.2. The van der Waals surface area contributed by atoms with Gasteiger partial charge in [-0.3, -0.25) is 14.1 Å². The molecule has 1 heterocycles. The zero-order chi connectivity index (χ0) is 21.2. The molecule has 1 aromatic carbocycles. The Labute approximate surface area is 166 Å². The SMILES string of the molecule is O=C(O)CNC(=O)c1nc(NS(=O)(=O)O)c2cc(C3CCCCC3)ccc2c1O. The highest BCUT2D eigenvalue weighted by Gasteiger charge is 2.23. The number of carboxylic acid groups (broad SMARTS) is 1. The molecule has 0 spiro atoms. The molecule has 1 fully saturated rings. The number of nitrogens with one attached hydrogen (secondary N) is 2. The Morgan fingerprint density at radius 1 is 1.14 bits per heavy atom. The summed E-state index contributed by atoms with van der Waals surface area (Å²) in [6, 6.07) is 5.04. The molecule has 1 saturated carbocycles. The van der Waals surface area contributed by atoms with E-state index in [-0.39, 0.29) is 22.5 Å². The minimum atomic E-state index is -4.71. The van der Waals surface area contributed by atoms with Crippen LogP contribution < -0.4 is 10.0 Å². The van der Waals surface area contributed by atoms with E-state index in [1.165, 1.54) is 0 Å². The van der Waals surface area contributed by atoms with Crippen molar-refractivity contribution in [1.29, 1.82) is 0 Å². The van der Waals surface area contributed by atoms with Gasteiger partial charge in [-0.25, -0.2) is 9.71 Å². The summed E-state index contributed by atoms with van der Waals surface area (Å²) in [5.41, 5.74) is 0.384. The van der Waals surface area contributed by atoms with Crippen LogP contribution in [0.4, 0.5) is 5.82 Å². The number of carbonyl (C=O) groups excluding carboxylic acids is 1. The lowest BCUT2D eigenvalue weighted by atomic mass is 9.83. The van der Waals surface area contributed by atoms with Crippen molar-refractivity contribution in [2.24, 2.45) is 0 Å². The Balaban J connectivity index is 2.11. The Kier molecular flexibility index (Phi) is 5.89. The topological polar surface area (TPSA) is 166 Å². The molecule has 156 valence electrons. The van der Waals surface area contributed by atoms with Crippen LogP contribution in [-0.2, 0) is 15.1 Å². The summed E-state index contributed by atoms with van der Waals surface area (Å²) in [5.74, 6) is -2.86. The van der Waals surface area contributed by atoms with Crippen LogP contribution in [0.1, 0.15) is 54.1 Å². The van der Waals surface area contributed by atoms with Crippen molar-refractivity contribution < 1.29 is 32.8 Å². The van der Waals surface area contributed by atoms with Crippen LogP contribution in [-0.4, -0.2) is 46.6 Å². The number of aromatic nitrogens is 1. The monoisotopic (exact) mass is 423 g/mol. The van der Waals surface area contributed by atoms with E-state index in [9.17, 15) is 27.7 Å². The van der Waals surface area contributed by atoms with E-state index in [1.807, 2.05) is 4.72 Å². The minimum absolute atomic E-state index is 0.145. The molecule has 0 atom stereocenters. The number of rotatable bonds is 6. The second kappa shape index (κ2) is 8.21. The van der Waals surface area contributed by atoms with Crippen LogP contribution in [0, 0.1) is 0 Å². The maximum absolute atomic E-state index is 12.2. The number of fused-ring (bicyclic) bond motifs is 1. The lowest BCUT2D eigenvalue weighted by Gasteiger charge is -2.22. The maximum Gasteiger partial charge on any atom is 0.358 e. The molecule has 0 aliphatic heterocycles. The van der Waals surface area contributed by atoms with Gasteiger partial charge < -0.3 is 15.5 Å². The highest BCUT2D eigenvalue weighted by Crippen LogP contribution is 2.38. The highest BCUT2D eigenvalue weighted by molar-refractivity contribution is 7.87. The van der Waals surface area contributed by atoms with Crippen molar-refractivity contribution in [1.82, 2.24) is 10.3 Å². The Morgan fingerprint density at radius 3 is 2.45 bits per heavy atom. The molecule has 0 unspecified atom stereocenters. The smallest absolute Gasteiger partial charge is 0.358 e. The zero-order valence-electron chi connectivity index (χ0n) is 15.4. The molecule has 10 nitrogen and oxygen atoms in total. The second-order valence-corrected chi connectivity index (χ2v) is 8.11. The molecule has 2 aromatic rings. The lowest BCUT2D eigenvalue weighted by molar-refractivity contribution is -0.135. The maximum atomic E-state index is 12.2. The van der Waals surface area contributed by atoms with Crippen LogP contribution in [0.5, 0.6) is 5.75 Å². The first-order chi connectivity index (χ1) is 13.7. The second-order valence-electron chi connectivity index (χ2n) is 6.95. The molecular formula is C18H21N3O7S. The minimum Gasteiger partial charge on any atom is -0.505 e. The Bertz CT molecular complexity index is 1060. The van der Waals surface area contributed by atoms with E-state index in [4.69, 9.17) is 5.11 Å². The van der Waals surface area contributed by atoms with Crippen LogP contribution in [0.2, 0.25) is 0 Å². The van der Waals surface area contributed by atoms with Crippen molar-refractivity contribution in [2.45, 2.75) is 38.0 Å². The largest absolute Gasteiger partial charge is 0.505 e. The van der Waals surface area contributed by atoms with Gasteiger partial charge in [0.15, 0.2) is 11.4 Å². The molecule has 1 aromatic heterocycles. The van der Waals surface area contributed by atoms with E-state index in [0.717, 1.165) is 37.7 Å². The molecule has 5 N–H and O–H groups in total. The summed E-state index contributed by atoms with van der Waals surface area (Å²) in [5, 5.41) is 21.6. The average Bonchev–Trinajstić information content (AvgIpc) is 2.67. The van der Waals surface area contributed by atoms with E-state index in [2.05, 4.69) is 10.3 Å². The first-order valence-electron chi connectivity index (χ1n) is 9.07. The van der Waals surface area contributed by atoms with Gasteiger partial charge in [0.2, 0.25) is 0 Å². The van der Waals surface area contributed by atoms with E-state index in [1.54, 1.807) is 18.2 Å². The number of pyridine rings is 1. The van der Waals surface area contributed by atoms with E-state index in [0.29, 0.717) is 0 Å². The number of aliphatic carboxylic acids is 1. The van der Waals surface area contributed by atoms with Gasteiger partial charge in [-0.2, -0.15) is 8.42 Å². The van der Waals surface area contributed by atoms with Crippen LogP contribution in [0.15, 0.2) is 18.2 Å². The number of hydrogen-bond acceptors (Lipinski definition) is 6. The molecule has 1 amide bonds. The van der Waals surface area contributed by atoms with Gasteiger partial charge in [0.25, 0.3) is 5.91 Å². The lowest BCUT2D eigenvalue weighted by Crippen LogP contribution is -2.30. The third-order valence-electron chi connectivity index (χ3n) is 4.92. The summed E-state index contributed by atoms with van der Waals surface area (Å²) in [6.45, 7) is -0.709. The van der Waals surface area contributed by atoms with Crippen LogP contribution >= 0.6 is 0 Å². The number of carbonyl (C=O) groups is 2. The molecule has 0 saturated heterocycles. The fourth-order valence-electron chi connectivity index (χ4n) is 3.60.